The van der Waals surface area contributed by atoms with Crippen LogP contribution in [-0.2, 0) is 0 Å². The average molecular weight is 777 g/mol. The van der Waals surface area contributed by atoms with Crippen LogP contribution in [0, 0.1) is 0 Å². The van der Waals surface area contributed by atoms with Crippen molar-refractivity contribution >= 4 is 76.3 Å². The molecule has 13 rings (SSSR count). The van der Waals surface area contributed by atoms with Crippen molar-refractivity contribution in [1.82, 2.24) is 18.7 Å². The van der Waals surface area contributed by atoms with Crippen LogP contribution in [0.15, 0.2) is 219 Å². The molecule has 4 nitrogen and oxygen atoms in total. The molecule has 13 aromatic rings. The largest absolute Gasteiger partial charge is 0.309 e. The minimum atomic E-state index is 1.02. The van der Waals surface area contributed by atoms with Gasteiger partial charge in [-0.2, -0.15) is 0 Å². The minimum absolute atomic E-state index is 1.02. The molecule has 0 unspecified atom stereocenters. The van der Waals surface area contributed by atoms with Gasteiger partial charge in [-0.15, -0.1) is 0 Å². The van der Waals surface area contributed by atoms with E-state index >= 15 is 0 Å². The van der Waals surface area contributed by atoms with Crippen molar-refractivity contribution in [1.29, 1.82) is 0 Å². The normalized spacial score (nSPS) is 11.9. The number of fused-ring (bicyclic) bond motifs is 11. The summed E-state index contributed by atoms with van der Waals surface area (Å²) in [5.41, 5.74) is 16.3. The minimum Gasteiger partial charge on any atom is -0.309 e. The number of nitrogens with zero attached hydrogens (tertiary/aromatic N) is 4. The molecule has 0 aliphatic rings. The molecule has 61 heavy (non-hydrogen) atoms. The van der Waals surface area contributed by atoms with Crippen LogP contribution in [0.3, 0.4) is 0 Å². The highest BCUT2D eigenvalue weighted by Crippen LogP contribution is 2.42. The third-order valence-electron chi connectivity index (χ3n) is 12.7. The first-order chi connectivity index (χ1) is 30.3. The van der Waals surface area contributed by atoms with Crippen LogP contribution < -0.4 is 0 Å². The lowest BCUT2D eigenvalue weighted by Crippen LogP contribution is -1.99. The molecule has 4 heteroatoms. The first-order valence-corrected chi connectivity index (χ1v) is 20.9. The molecule has 0 bridgehead atoms. The van der Waals surface area contributed by atoms with E-state index in [1.807, 2.05) is 12.3 Å². The van der Waals surface area contributed by atoms with Gasteiger partial charge in [0.05, 0.1) is 38.6 Å². The molecule has 0 aliphatic carbocycles. The maximum absolute atomic E-state index is 4.75. The number of hydrogen-bond donors (Lipinski definition) is 0. The van der Waals surface area contributed by atoms with Crippen molar-refractivity contribution < 1.29 is 0 Å². The predicted octanol–water partition coefficient (Wildman–Crippen LogP) is 14.9. The maximum atomic E-state index is 4.75. The first kappa shape index (κ1) is 33.7. The summed E-state index contributed by atoms with van der Waals surface area (Å²) in [7, 11) is 0. The zero-order valence-corrected chi connectivity index (χ0v) is 33.1. The van der Waals surface area contributed by atoms with Gasteiger partial charge in [0.1, 0.15) is 0 Å². The Bertz CT molecular complexity index is 3790. The van der Waals surface area contributed by atoms with E-state index in [0.717, 1.165) is 39.1 Å². The Balaban J connectivity index is 0.957. The number of benzene rings is 9. The molecule has 4 aromatic heterocycles. The molecule has 284 valence electrons. The molecular weight excluding hydrogens is 741 g/mol. The molecule has 0 fully saturated rings. The fourth-order valence-corrected chi connectivity index (χ4v) is 9.97. The van der Waals surface area contributed by atoms with Gasteiger partial charge in [0, 0.05) is 66.5 Å². The fraction of sp³-hybridized carbons (Fsp3) is 0. The quantitative estimate of drug-likeness (QED) is 0.171. The lowest BCUT2D eigenvalue weighted by atomic mass is 10.0. The van der Waals surface area contributed by atoms with E-state index in [1.165, 1.54) is 76.5 Å². The molecule has 0 aliphatic heterocycles. The van der Waals surface area contributed by atoms with Crippen molar-refractivity contribution in [3.63, 3.8) is 0 Å². The lowest BCUT2D eigenvalue weighted by molar-refractivity contribution is 1.15. The van der Waals surface area contributed by atoms with Crippen molar-refractivity contribution in [2.75, 3.05) is 0 Å². The highest BCUT2D eigenvalue weighted by molar-refractivity contribution is 6.24. The molecular formula is C57H36N4. The molecule has 0 saturated carbocycles. The number of pyridine rings is 1. The van der Waals surface area contributed by atoms with Gasteiger partial charge in [0.15, 0.2) is 0 Å². The second-order valence-corrected chi connectivity index (χ2v) is 16.0. The predicted molar refractivity (Wildman–Crippen MR) is 256 cm³/mol. The summed E-state index contributed by atoms with van der Waals surface area (Å²) in [6.45, 7) is 0. The van der Waals surface area contributed by atoms with E-state index in [0.29, 0.717) is 0 Å². The van der Waals surface area contributed by atoms with Gasteiger partial charge in [-0.05, 0) is 83.4 Å². The Morgan fingerprint density at radius 3 is 1.16 bits per heavy atom. The fourth-order valence-electron chi connectivity index (χ4n) is 9.97. The van der Waals surface area contributed by atoms with Gasteiger partial charge in [-0.25, -0.2) is 0 Å². The second-order valence-electron chi connectivity index (χ2n) is 16.0. The topological polar surface area (TPSA) is 27.7 Å². The van der Waals surface area contributed by atoms with E-state index in [4.69, 9.17) is 4.98 Å². The summed E-state index contributed by atoms with van der Waals surface area (Å²) in [6.07, 6.45) is 1.88. The Morgan fingerprint density at radius 1 is 0.279 bits per heavy atom. The van der Waals surface area contributed by atoms with Crippen molar-refractivity contribution in [2.24, 2.45) is 0 Å². The van der Waals surface area contributed by atoms with Crippen LogP contribution >= 0.6 is 0 Å². The first-order valence-electron chi connectivity index (χ1n) is 20.9. The van der Waals surface area contributed by atoms with Gasteiger partial charge < -0.3 is 13.7 Å². The van der Waals surface area contributed by atoms with E-state index in [1.54, 1.807) is 0 Å². The molecule has 0 N–H and O–H groups in total. The zero-order valence-electron chi connectivity index (χ0n) is 33.1. The summed E-state index contributed by atoms with van der Waals surface area (Å²) in [5, 5.41) is 8.62. The average Bonchev–Trinajstić information content (AvgIpc) is 3.98. The monoisotopic (exact) mass is 776 g/mol. The summed E-state index contributed by atoms with van der Waals surface area (Å²) >= 11 is 0. The van der Waals surface area contributed by atoms with Crippen LogP contribution in [0.25, 0.3) is 116 Å². The molecule has 0 amide bonds. The SMILES string of the molecule is c1cnc2c(-c3ccc(-n4c5ccccc5c5ccc6c7ccccc7n(-c7ccc(-c8ccc(-n9c%10ccccc%10c%10ccccc%109)cc8)cc7)c6c54)cc3)cccc2c1. The van der Waals surface area contributed by atoms with Gasteiger partial charge in [-0.3, -0.25) is 4.98 Å². The Morgan fingerprint density at radius 2 is 0.672 bits per heavy atom. The van der Waals surface area contributed by atoms with Crippen LogP contribution in [0.2, 0.25) is 0 Å². The van der Waals surface area contributed by atoms with Gasteiger partial charge in [0.2, 0.25) is 0 Å². The molecule has 0 spiro atoms. The lowest BCUT2D eigenvalue weighted by Gasteiger charge is -2.14. The summed E-state index contributed by atoms with van der Waals surface area (Å²) < 4.78 is 7.30. The van der Waals surface area contributed by atoms with E-state index < -0.39 is 0 Å². The second kappa shape index (κ2) is 13.2. The van der Waals surface area contributed by atoms with E-state index in [-0.39, 0.29) is 0 Å². The van der Waals surface area contributed by atoms with Crippen molar-refractivity contribution in [2.45, 2.75) is 0 Å². The number of rotatable bonds is 5. The number of para-hydroxylation sites is 5. The summed E-state index contributed by atoms with van der Waals surface area (Å²) in [6, 6.07) is 77.2. The van der Waals surface area contributed by atoms with Crippen LogP contribution in [0.5, 0.6) is 0 Å². The highest BCUT2D eigenvalue weighted by Gasteiger charge is 2.21. The molecule has 9 aromatic carbocycles. The standard InChI is InChI=1S/C57H36N4/c1-5-18-51-45(13-1)46-14-2-6-19-52(46)59(51)41-28-22-37(23-29-41)38-24-30-42(31-25-38)60-53-20-7-3-15-47(53)49-34-35-50-48-16-4-8-21-54(48)61(57(50)56(49)60)43-32-26-39(27-33-43)44-17-9-11-40-12-10-36-58-55(40)44/h1-36H. The molecule has 0 saturated heterocycles. The highest BCUT2D eigenvalue weighted by atomic mass is 15.0. The third kappa shape index (κ3) is 5.03. The summed E-state index contributed by atoms with van der Waals surface area (Å²) in [4.78, 5) is 4.75. The maximum Gasteiger partial charge on any atom is 0.0788 e. The molecule has 4 heterocycles. The number of hydrogen-bond acceptors (Lipinski definition) is 1. The Hall–Kier alpha value is -8.21. The van der Waals surface area contributed by atoms with Gasteiger partial charge >= 0.3 is 0 Å². The van der Waals surface area contributed by atoms with Crippen molar-refractivity contribution in [3.8, 4) is 39.3 Å². The number of aromatic nitrogens is 4. The van der Waals surface area contributed by atoms with Gasteiger partial charge in [-0.1, -0.05) is 146 Å². The van der Waals surface area contributed by atoms with E-state index in [2.05, 4.69) is 220 Å². The molecule has 0 atom stereocenters. The zero-order chi connectivity index (χ0) is 40.0. The van der Waals surface area contributed by atoms with Crippen LogP contribution in [-0.4, -0.2) is 18.7 Å². The van der Waals surface area contributed by atoms with Crippen LogP contribution in [0.4, 0.5) is 0 Å². The summed E-state index contributed by atoms with van der Waals surface area (Å²) in [5.74, 6) is 0. The third-order valence-corrected chi connectivity index (χ3v) is 12.7. The molecule has 0 radical (unpaired) electrons. The van der Waals surface area contributed by atoms with Gasteiger partial charge in [0.25, 0.3) is 0 Å². The Labute approximate surface area is 351 Å². The van der Waals surface area contributed by atoms with E-state index in [9.17, 15) is 0 Å². The van der Waals surface area contributed by atoms with Crippen LogP contribution in [0.1, 0.15) is 0 Å². The Kier molecular flexibility index (Phi) is 7.27. The smallest absolute Gasteiger partial charge is 0.0788 e. The van der Waals surface area contributed by atoms with Crippen molar-refractivity contribution in [3.05, 3.63) is 219 Å².